The molecule has 1 aromatic carbocycles. The molecule has 0 unspecified atom stereocenters. The SMILES string of the molecule is CCCO[Si](C)(C=Cc1ccccc1)OCCC. The zero-order valence-electron chi connectivity index (χ0n) is 11.7. The van der Waals surface area contributed by atoms with Gasteiger partial charge in [0, 0.05) is 13.2 Å². The van der Waals surface area contributed by atoms with Gasteiger partial charge in [0.2, 0.25) is 0 Å². The lowest BCUT2D eigenvalue weighted by Gasteiger charge is -2.23. The van der Waals surface area contributed by atoms with E-state index in [-0.39, 0.29) is 0 Å². The number of hydrogen-bond donors (Lipinski definition) is 0. The van der Waals surface area contributed by atoms with E-state index in [0.717, 1.165) is 26.1 Å². The van der Waals surface area contributed by atoms with Crippen molar-refractivity contribution in [2.24, 2.45) is 0 Å². The van der Waals surface area contributed by atoms with Crippen LogP contribution in [0.25, 0.3) is 6.08 Å². The summed E-state index contributed by atoms with van der Waals surface area (Å²) in [5, 5.41) is 0. The summed E-state index contributed by atoms with van der Waals surface area (Å²) in [5.74, 6) is 0. The van der Waals surface area contributed by atoms with Gasteiger partial charge >= 0.3 is 8.56 Å². The van der Waals surface area contributed by atoms with Crippen LogP contribution < -0.4 is 0 Å². The molecule has 0 aliphatic carbocycles. The van der Waals surface area contributed by atoms with Crippen molar-refractivity contribution in [1.82, 2.24) is 0 Å². The zero-order valence-corrected chi connectivity index (χ0v) is 12.7. The highest BCUT2D eigenvalue weighted by atomic mass is 28.4. The lowest BCUT2D eigenvalue weighted by Crippen LogP contribution is -2.37. The highest BCUT2D eigenvalue weighted by molar-refractivity contribution is 6.72. The molecule has 0 aliphatic rings. The van der Waals surface area contributed by atoms with Gasteiger partial charge in [0.1, 0.15) is 0 Å². The number of rotatable bonds is 8. The first-order chi connectivity index (χ1) is 8.70. The van der Waals surface area contributed by atoms with E-state index in [9.17, 15) is 0 Å². The summed E-state index contributed by atoms with van der Waals surface area (Å²) in [6, 6.07) is 10.3. The summed E-state index contributed by atoms with van der Waals surface area (Å²) >= 11 is 0. The fraction of sp³-hybridized carbons (Fsp3) is 0.467. The molecule has 0 saturated carbocycles. The highest BCUT2D eigenvalue weighted by Crippen LogP contribution is 2.13. The molecular weight excluding hydrogens is 240 g/mol. The molecule has 0 aromatic heterocycles. The quantitative estimate of drug-likeness (QED) is 0.656. The summed E-state index contributed by atoms with van der Waals surface area (Å²) in [6.45, 7) is 7.89. The molecule has 0 N–H and O–H groups in total. The van der Waals surface area contributed by atoms with Crippen LogP contribution in [0.3, 0.4) is 0 Å². The van der Waals surface area contributed by atoms with Crippen molar-refractivity contribution in [3.8, 4) is 0 Å². The Morgan fingerprint density at radius 3 is 2.06 bits per heavy atom. The van der Waals surface area contributed by atoms with Crippen LogP contribution in [0.15, 0.2) is 36.0 Å². The summed E-state index contributed by atoms with van der Waals surface area (Å²) in [5.41, 5.74) is 3.32. The molecule has 0 spiro atoms. The third-order valence-corrected chi connectivity index (χ3v) is 4.89. The molecule has 0 amide bonds. The van der Waals surface area contributed by atoms with Crippen LogP contribution >= 0.6 is 0 Å². The first kappa shape index (κ1) is 15.2. The Morgan fingerprint density at radius 2 is 1.56 bits per heavy atom. The standard InChI is InChI=1S/C15H24O2Si/c1-4-12-16-18(3,17-13-5-2)14-11-15-9-7-6-8-10-15/h6-11,14H,4-5,12-13H2,1-3H3. The minimum absolute atomic E-state index is 0.769. The molecule has 0 bridgehead atoms. The Morgan fingerprint density at radius 1 is 1.00 bits per heavy atom. The average Bonchev–Trinajstić information content (AvgIpc) is 2.42. The predicted molar refractivity (Wildman–Crippen MR) is 79.6 cm³/mol. The summed E-state index contributed by atoms with van der Waals surface area (Å²) in [4.78, 5) is 0. The smallest absolute Gasteiger partial charge is 0.361 e. The van der Waals surface area contributed by atoms with Gasteiger partial charge in [0.05, 0.1) is 0 Å². The van der Waals surface area contributed by atoms with Crippen LogP contribution in [-0.4, -0.2) is 21.8 Å². The first-order valence-electron chi connectivity index (χ1n) is 6.72. The third-order valence-electron chi connectivity index (χ3n) is 2.56. The first-order valence-corrected chi connectivity index (χ1v) is 9.12. The molecule has 0 saturated heterocycles. The molecule has 0 heterocycles. The van der Waals surface area contributed by atoms with Crippen molar-refractivity contribution >= 4 is 14.6 Å². The van der Waals surface area contributed by atoms with Crippen LogP contribution in [0.1, 0.15) is 32.3 Å². The van der Waals surface area contributed by atoms with Crippen LogP contribution in [0.5, 0.6) is 0 Å². The Labute approximate surface area is 112 Å². The Bertz CT molecular complexity index is 341. The summed E-state index contributed by atoms with van der Waals surface area (Å²) < 4.78 is 11.9. The van der Waals surface area contributed by atoms with Crippen LogP contribution in [0.2, 0.25) is 6.55 Å². The largest absolute Gasteiger partial charge is 0.391 e. The molecule has 1 rings (SSSR count). The Balaban J connectivity index is 2.67. The lowest BCUT2D eigenvalue weighted by molar-refractivity contribution is 0.184. The molecule has 0 fully saturated rings. The fourth-order valence-electron chi connectivity index (χ4n) is 1.56. The van der Waals surface area contributed by atoms with Gasteiger partial charge in [-0.05, 0) is 30.7 Å². The van der Waals surface area contributed by atoms with E-state index in [2.05, 4.69) is 44.3 Å². The topological polar surface area (TPSA) is 18.5 Å². The van der Waals surface area contributed by atoms with Gasteiger partial charge in [-0.3, -0.25) is 0 Å². The second-order valence-corrected chi connectivity index (χ2v) is 7.40. The van der Waals surface area contributed by atoms with Gasteiger partial charge in [-0.2, -0.15) is 0 Å². The van der Waals surface area contributed by atoms with Crippen molar-refractivity contribution in [2.45, 2.75) is 33.2 Å². The van der Waals surface area contributed by atoms with E-state index in [1.165, 1.54) is 5.56 Å². The van der Waals surface area contributed by atoms with Crippen molar-refractivity contribution in [3.63, 3.8) is 0 Å². The van der Waals surface area contributed by atoms with Crippen LogP contribution in [0, 0.1) is 0 Å². The van der Waals surface area contributed by atoms with Gasteiger partial charge in [-0.15, -0.1) is 0 Å². The normalized spacial score (nSPS) is 12.2. The molecular formula is C15H24O2Si. The summed E-state index contributed by atoms with van der Waals surface area (Å²) in [6.07, 6.45) is 4.16. The number of hydrogen-bond acceptors (Lipinski definition) is 2. The maximum atomic E-state index is 5.93. The second kappa shape index (κ2) is 8.24. The fourth-order valence-corrected chi connectivity index (χ4v) is 3.55. The van der Waals surface area contributed by atoms with Crippen molar-refractivity contribution in [2.75, 3.05) is 13.2 Å². The Hall–Kier alpha value is -0.903. The average molecular weight is 264 g/mol. The third kappa shape index (κ3) is 5.62. The van der Waals surface area contributed by atoms with Gasteiger partial charge in [-0.1, -0.05) is 50.3 Å². The predicted octanol–water partition coefficient (Wildman–Crippen LogP) is 4.16. The molecule has 3 heteroatoms. The molecule has 18 heavy (non-hydrogen) atoms. The Kier molecular flexibility index (Phi) is 6.94. The molecule has 0 aliphatic heterocycles. The zero-order chi connectivity index (χ0) is 13.3. The maximum Gasteiger partial charge on any atom is 0.361 e. The second-order valence-electron chi connectivity index (χ2n) is 4.46. The number of benzene rings is 1. The van der Waals surface area contributed by atoms with Gasteiger partial charge in [0.25, 0.3) is 0 Å². The van der Waals surface area contributed by atoms with Crippen molar-refractivity contribution in [1.29, 1.82) is 0 Å². The minimum Gasteiger partial charge on any atom is -0.391 e. The minimum atomic E-state index is -2.15. The van der Waals surface area contributed by atoms with E-state index in [1.54, 1.807) is 0 Å². The van der Waals surface area contributed by atoms with Crippen molar-refractivity contribution in [3.05, 3.63) is 41.6 Å². The van der Waals surface area contributed by atoms with E-state index in [0.29, 0.717) is 0 Å². The maximum absolute atomic E-state index is 5.93. The summed E-state index contributed by atoms with van der Waals surface area (Å²) in [7, 11) is -2.15. The van der Waals surface area contributed by atoms with Gasteiger partial charge in [0.15, 0.2) is 0 Å². The highest BCUT2D eigenvalue weighted by Gasteiger charge is 2.27. The van der Waals surface area contributed by atoms with Crippen LogP contribution in [0.4, 0.5) is 0 Å². The van der Waals surface area contributed by atoms with E-state index in [4.69, 9.17) is 8.85 Å². The van der Waals surface area contributed by atoms with Crippen LogP contribution in [-0.2, 0) is 8.85 Å². The molecule has 1 aromatic rings. The molecule has 0 radical (unpaired) electrons. The lowest BCUT2D eigenvalue weighted by atomic mass is 10.2. The van der Waals surface area contributed by atoms with Gasteiger partial charge in [-0.25, -0.2) is 0 Å². The molecule has 0 atom stereocenters. The monoisotopic (exact) mass is 264 g/mol. The van der Waals surface area contributed by atoms with Gasteiger partial charge < -0.3 is 8.85 Å². The van der Waals surface area contributed by atoms with Crippen molar-refractivity contribution < 1.29 is 8.85 Å². The van der Waals surface area contributed by atoms with E-state index >= 15 is 0 Å². The van der Waals surface area contributed by atoms with E-state index < -0.39 is 8.56 Å². The van der Waals surface area contributed by atoms with E-state index in [1.807, 2.05) is 18.2 Å². The molecule has 2 nitrogen and oxygen atoms in total. The molecule has 100 valence electrons.